The lowest BCUT2D eigenvalue weighted by atomic mass is 10.2. The molecule has 0 heterocycles. The van der Waals surface area contributed by atoms with E-state index in [9.17, 15) is 4.79 Å². The van der Waals surface area contributed by atoms with Crippen LogP contribution in [-0.4, -0.2) is 12.6 Å². The number of rotatable bonds is 5. The fourth-order valence-corrected chi connectivity index (χ4v) is 5.36. The summed E-state index contributed by atoms with van der Waals surface area (Å²) in [6, 6.07) is 30.6. The van der Waals surface area contributed by atoms with Gasteiger partial charge in [0.1, 0.15) is 0 Å². The highest BCUT2D eigenvalue weighted by Crippen LogP contribution is 2.33. The Hall–Kier alpha value is -2.44. The molecule has 0 bridgehead atoms. The second-order valence-electron chi connectivity index (χ2n) is 5.91. The first-order valence-electron chi connectivity index (χ1n) is 9.28. The minimum absolute atomic E-state index is 0.211. The van der Waals surface area contributed by atoms with Crippen LogP contribution in [0, 0.1) is 0 Å². The van der Waals surface area contributed by atoms with Gasteiger partial charge in [0.2, 0.25) is 0 Å². The molecular formula is C24H27O2P. The molecule has 0 amide bonds. The Bertz CT molecular complexity index is 777. The lowest BCUT2D eigenvalue weighted by Gasteiger charge is -2.21. The van der Waals surface area contributed by atoms with Gasteiger partial charge in [0.15, 0.2) is 0 Å². The van der Waals surface area contributed by atoms with Gasteiger partial charge < -0.3 is 4.74 Å². The first-order chi connectivity index (χ1) is 13.2. The molecule has 140 valence electrons. The van der Waals surface area contributed by atoms with E-state index in [0.717, 1.165) is 6.42 Å². The van der Waals surface area contributed by atoms with Gasteiger partial charge in [-0.3, -0.25) is 4.79 Å². The van der Waals surface area contributed by atoms with E-state index in [1.807, 2.05) is 0 Å². The van der Waals surface area contributed by atoms with Gasteiger partial charge in [-0.25, -0.2) is 0 Å². The summed E-state index contributed by atoms with van der Waals surface area (Å²) in [5.41, 5.74) is 1.45. The predicted molar refractivity (Wildman–Crippen MR) is 117 cm³/mol. The molecule has 0 radical (unpaired) electrons. The highest BCUT2D eigenvalue weighted by atomic mass is 31.1. The van der Waals surface area contributed by atoms with Crippen LogP contribution >= 0.6 is 7.92 Å². The molecule has 0 aromatic heterocycles. The molecule has 0 N–H and O–H groups in total. The average molecular weight is 378 g/mol. The summed E-state index contributed by atoms with van der Waals surface area (Å²) >= 11 is 0. The molecule has 27 heavy (non-hydrogen) atoms. The van der Waals surface area contributed by atoms with Crippen LogP contribution in [0.15, 0.2) is 84.9 Å². The van der Waals surface area contributed by atoms with E-state index < -0.39 is 7.92 Å². The highest BCUT2D eigenvalue weighted by molar-refractivity contribution is 7.79. The molecule has 3 rings (SSSR count). The minimum atomic E-state index is -0.473. The first kappa shape index (κ1) is 20.9. The average Bonchev–Trinajstić information content (AvgIpc) is 2.71. The number of aryl methyl sites for hydroxylation is 1. The van der Waals surface area contributed by atoms with E-state index >= 15 is 0 Å². The molecule has 0 aliphatic heterocycles. The van der Waals surface area contributed by atoms with Gasteiger partial charge in [0.05, 0.1) is 6.61 Å². The van der Waals surface area contributed by atoms with Crippen molar-refractivity contribution in [2.24, 2.45) is 0 Å². The van der Waals surface area contributed by atoms with Crippen LogP contribution in [0.1, 0.15) is 26.3 Å². The van der Waals surface area contributed by atoms with E-state index in [2.05, 4.69) is 96.6 Å². The fraction of sp³-hybridized carbons (Fsp3) is 0.208. The Labute approximate surface area is 164 Å². The van der Waals surface area contributed by atoms with Crippen molar-refractivity contribution < 1.29 is 9.53 Å². The van der Waals surface area contributed by atoms with Crippen LogP contribution in [0.25, 0.3) is 0 Å². The summed E-state index contributed by atoms with van der Waals surface area (Å²) in [6.45, 7) is 5.89. The molecule has 0 spiro atoms. The van der Waals surface area contributed by atoms with Crippen molar-refractivity contribution in [3.63, 3.8) is 0 Å². The van der Waals surface area contributed by atoms with Gasteiger partial charge in [0.25, 0.3) is 0 Å². The quantitative estimate of drug-likeness (QED) is 0.480. The molecule has 0 saturated carbocycles. The zero-order valence-electron chi connectivity index (χ0n) is 16.3. The first-order valence-corrected chi connectivity index (χ1v) is 10.6. The van der Waals surface area contributed by atoms with E-state index in [1.54, 1.807) is 6.92 Å². The summed E-state index contributed by atoms with van der Waals surface area (Å²) < 4.78 is 4.40. The third-order valence-electron chi connectivity index (χ3n) is 3.99. The van der Waals surface area contributed by atoms with Crippen LogP contribution in [-0.2, 0) is 16.0 Å². The van der Waals surface area contributed by atoms with Crippen molar-refractivity contribution in [1.29, 1.82) is 0 Å². The zero-order valence-corrected chi connectivity index (χ0v) is 17.2. The van der Waals surface area contributed by atoms with Crippen LogP contribution in [0.4, 0.5) is 0 Å². The van der Waals surface area contributed by atoms with Crippen LogP contribution in [0.3, 0.4) is 0 Å². The number of hydrogen-bond donors (Lipinski definition) is 0. The Balaban J connectivity index is 0.000000380. The Morgan fingerprint density at radius 1 is 0.778 bits per heavy atom. The number of carbonyl (C=O) groups is 1. The van der Waals surface area contributed by atoms with Crippen LogP contribution in [0.2, 0.25) is 0 Å². The molecule has 0 unspecified atom stereocenters. The normalized spacial score (nSPS) is 10.1. The number of carbonyl (C=O) groups excluding carboxylic acids is 1. The minimum Gasteiger partial charge on any atom is -0.466 e. The van der Waals surface area contributed by atoms with Gasteiger partial charge in [-0.1, -0.05) is 91.9 Å². The highest BCUT2D eigenvalue weighted by Gasteiger charge is 2.18. The van der Waals surface area contributed by atoms with E-state index in [4.69, 9.17) is 0 Å². The van der Waals surface area contributed by atoms with Crippen molar-refractivity contribution in [3.05, 3.63) is 90.5 Å². The Morgan fingerprint density at radius 2 is 1.26 bits per heavy atom. The molecule has 0 saturated heterocycles. The van der Waals surface area contributed by atoms with Crippen LogP contribution in [0.5, 0.6) is 0 Å². The Morgan fingerprint density at radius 3 is 1.67 bits per heavy atom. The van der Waals surface area contributed by atoms with Crippen molar-refractivity contribution in [2.75, 3.05) is 6.61 Å². The third kappa shape index (κ3) is 6.34. The molecule has 0 atom stereocenters. The van der Waals surface area contributed by atoms with Gasteiger partial charge in [-0.05, 0) is 42.7 Å². The standard InChI is InChI=1S/C20H19P.C4H8O2/c1-2-17-11-9-10-16-20(17)21(18-12-5-3-6-13-18)19-14-7-4-8-15-19;1-3-6-4(2)5/h3-16H,2H2,1H3;3H2,1-2H3. The number of ether oxygens (including phenoxy) is 1. The van der Waals surface area contributed by atoms with Crippen molar-refractivity contribution in [2.45, 2.75) is 27.2 Å². The zero-order chi connectivity index (χ0) is 19.5. The fourth-order valence-electron chi connectivity index (χ4n) is 2.81. The lowest BCUT2D eigenvalue weighted by Crippen LogP contribution is -2.22. The van der Waals surface area contributed by atoms with Gasteiger partial charge in [-0.2, -0.15) is 0 Å². The summed E-state index contributed by atoms with van der Waals surface area (Å²) in [5.74, 6) is -0.211. The van der Waals surface area contributed by atoms with Crippen LogP contribution < -0.4 is 15.9 Å². The second-order valence-corrected chi connectivity index (χ2v) is 8.10. The van der Waals surface area contributed by atoms with Gasteiger partial charge in [-0.15, -0.1) is 0 Å². The summed E-state index contributed by atoms with van der Waals surface area (Å²) in [7, 11) is -0.473. The molecule has 3 aromatic rings. The second kappa shape index (κ2) is 11.3. The molecule has 0 aliphatic carbocycles. The molecule has 0 aliphatic rings. The van der Waals surface area contributed by atoms with Gasteiger partial charge >= 0.3 is 5.97 Å². The number of benzene rings is 3. The molecule has 3 heteroatoms. The summed E-state index contributed by atoms with van der Waals surface area (Å²) in [4.78, 5) is 9.82. The maximum atomic E-state index is 9.82. The van der Waals surface area contributed by atoms with Crippen molar-refractivity contribution >= 4 is 29.8 Å². The maximum Gasteiger partial charge on any atom is 0.302 e. The predicted octanol–water partition coefficient (Wildman–Crippen LogP) is 4.58. The number of hydrogen-bond acceptors (Lipinski definition) is 2. The monoisotopic (exact) mass is 378 g/mol. The smallest absolute Gasteiger partial charge is 0.302 e. The summed E-state index contributed by atoms with van der Waals surface area (Å²) in [6.07, 6.45) is 1.08. The molecule has 3 aromatic carbocycles. The van der Waals surface area contributed by atoms with Gasteiger partial charge in [0, 0.05) is 6.92 Å². The topological polar surface area (TPSA) is 26.3 Å². The Kier molecular flexibility index (Phi) is 8.74. The number of esters is 1. The van der Waals surface area contributed by atoms with E-state index in [-0.39, 0.29) is 5.97 Å². The molecule has 0 fully saturated rings. The van der Waals surface area contributed by atoms with E-state index in [0.29, 0.717) is 6.61 Å². The summed E-state index contributed by atoms with van der Waals surface area (Å²) in [5, 5.41) is 4.31. The maximum absolute atomic E-state index is 9.82. The molecule has 2 nitrogen and oxygen atoms in total. The largest absolute Gasteiger partial charge is 0.466 e. The SMILES string of the molecule is CCOC(C)=O.CCc1ccccc1P(c1ccccc1)c1ccccc1. The van der Waals surface area contributed by atoms with E-state index in [1.165, 1.54) is 28.4 Å². The van der Waals surface area contributed by atoms with Crippen molar-refractivity contribution in [1.82, 2.24) is 0 Å². The third-order valence-corrected chi connectivity index (χ3v) is 6.54. The molecular weight excluding hydrogens is 351 g/mol. The lowest BCUT2D eigenvalue weighted by molar-refractivity contribution is -0.140. The van der Waals surface area contributed by atoms with Crippen molar-refractivity contribution in [3.8, 4) is 0 Å².